The molecule has 0 atom stereocenters. The average molecular weight is 320 g/mol. The topological polar surface area (TPSA) is 90.0 Å². The average Bonchev–Trinajstić information content (AvgIpc) is 2.95. The summed E-state index contributed by atoms with van der Waals surface area (Å²) in [6.07, 6.45) is 2.93. The molecule has 3 rings (SSSR count). The molecule has 2 amide bonds. The third kappa shape index (κ3) is 2.77. The lowest BCUT2D eigenvalue weighted by atomic mass is 10.0. The Morgan fingerprint density at radius 3 is 2.62 bits per heavy atom. The van der Waals surface area contributed by atoms with E-state index in [4.69, 9.17) is 5.73 Å². The number of carbonyl (C=O) groups is 2. The van der Waals surface area contributed by atoms with Crippen LogP contribution in [0.15, 0.2) is 55.3 Å². The van der Waals surface area contributed by atoms with Crippen molar-refractivity contribution < 1.29 is 9.59 Å². The Morgan fingerprint density at radius 2 is 1.92 bits per heavy atom. The molecule has 0 unspecified atom stereocenters. The molecule has 24 heavy (non-hydrogen) atoms. The second kappa shape index (κ2) is 6.00. The van der Waals surface area contributed by atoms with Gasteiger partial charge in [0.2, 0.25) is 5.91 Å². The quantitative estimate of drug-likeness (QED) is 0.724. The lowest BCUT2D eigenvalue weighted by molar-refractivity contribution is -0.111. The van der Waals surface area contributed by atoms with Crippen LogP contribution in [0.2, 0.25) is 0 Å². The smallest absolute Gasteiger partial charge is 0.250 e. The van der Waals surface area contributed by atoms with Crippen molar-refractivity contribution in [2.75, 3.05) is 5.32 Å². The number of carbonyl (C=O) groups excluding carboxylic acids is 2. The van der Waals surface area contributed by atoms with Crippen molar-refractivity contribution >= 4 is 28.4 Å². The Bertz CT molecular complexity index is 972. The molecule has 1 aromatic heterocycles. The van der Waals surface area contributed by atoms with Crippen LogP contribution in [0.5, 0.6) is 0 Å². The summed E-state index contributed by atoms with van der Waals surface area (Å²) >= 11 is 0. The highest BCUT2D eigenvalue weighted by atomic mass is 16.2. The summed E-state index contributed by atoms with van der Waals surface area (Å²) in [5.41, 5.74) is 8.76. The number of hydrogen-bond donors (Lipinski definition) is 2. The first-order chi connectivity index (χ1) is 11.5. The molecular weight excluding hydrogens is 304 g/mol. The van der Waals surface area contributed by atoms with Gasteiger partial charge in [-0.1, -0.05) is 24.8 Å². The van der Waals surface area contributed by atoms with Crippen LogP contribution < -0.4 is 11.1 Å². The molecule has 0 saturated heterocycles. The second-order valence-corrected chi connectivity index (χ2v) is 5.36. The lowest BCUT2D eigenvalue weighted by Crippen LogP contribution is -2.16. The van der Waals surface area contributed by atoms with E-state index in [-0.39, 0.29) is 5.56 Å². The molecule has 3 N–H and O–H groups in total. The predicted octanol–water partition coefficient (Wildman–Crippen LogP) is 2.46. The third-order valence-corrected chi connectivity index (χ3v) is 3.81. The summed E-state index contributed by atoms with van der Waals surface area (Å²) in [6.45, 7) is 3.41. The van der Waals surface area contributed by atoms with E-state index >= 15 is 0 Å². The number of primary amides is 1. The number of aromatic nitrogens is 2. The molecule has 6 nitrogen and oxygen atoms in total. The number of hydrogen-bond acceptors (Lipinski definition) is 3. The van der Waals surface area contributed by atoms with E-state index in [2.05, 4.69) is 17.0 Å². The fourth-order valence-electron chi connectivity index (χ4n) is 2.55. The molecule has 2 aromatic carbocycles. The van der Waals surface area contributed by atoms with Crippen LogP contribution in [0.25, 0.3) is 22.0 Å². The maximum atomic E-state index is 11.6. The Labute approximate surface area is 138 Å². The normalized spacial score (nSPS) is 10.5. The van der Waals surface area contributed by atoms with Crippen LogP contribution in [0.4, 0.5) is 5.69 Å². The molecule has 1 heterocycles. The summed E-state index contributed by atoms with van der Waals surface area (Å²) in [5.74, 6) is -1.01. The van der Waals surface area contributed by atoms with Gasteiger partial charge in [0.1, 0.15) is 0 Å². The molecule has 6 heteroatoms. The number of aryl methyl sites for hydroxylation is 1. The van der Waals surface area contributed by atoms with E-state index in [1.807, 2.05) is 25.2 Å². The van der Waals surface area contributed by atoms with Gasteiger partial charge in [-0.25, -0.2) is 0 Å². The lowest BCUT2D eigenvalue weighted by Gasteiger charge is -2.11. The zero-order chi connectivity index (χ0) is 17.3. The third-order valence-electron chi connectivity index (χ3n) is 3.81. The molecule has 0 saturated carbocycles. The minimum atomic E-state index is -0.608. The van der Waals surface area contributed by atoms with Gasteiger partial charge in [-0.3, -0.25) is 14.3 Å². The molecule has 0 aliphatic rings. The predicted molar refractivity (Wildman–Crippen MR) is 93.5 cm³/mol. The Kier molecular flexibility index (Phi) is 3.87. The van der Waals surface area contributed by atoms with Crippen molar-refractivity contribution in [3.8, 4) is 11.1 Å². The van der Waals surface area contributed by atoms with E-state index in [0.29, 0.717) is 5.69 Å². The molecule has 0 aliphatic carbocycles. The van der Waals surface area contributed by atoms with Gasteiger partial charge in [0.25, 0.3) is 5.91 Å². The number of amides is 2. The van der Waals surface area contributed by atoms with E-state index in [0.717, 1.165) is 28.1 Å². The van der Waals surface area contributed by atoms with Crippen LogP contribution in [0.3, 0.4) is 0 Å². The molecule has 0 aliphatic heterocycles. The first kappa shape index (κ1) is 15.5. The van der Waals surface area contributed by atoms with Gasteiger partial charge in [-0.05, 0) is 35.4 Å². The van der Waals surface area contributed by atoms with Crippen LogP contribution in [-0.4, -0.2) is 21.6 Å². The van der Waals surface area contributed by atoms with Crippen molar-refractivity contribution in [3.05, 3.63) is 60.8 Å². The van der Waals surface area contributed by atoms with Crippen LogP contribution in [-0.2, 0) is 11.8 Å². The minimum Gasteiger partial charge on any atom is -0.366 e. The molecule has 0 radical (unpaired) electrons. The van der Waals surface area contributed by atoms with Crippen LogP contribution in [0, 0.1) is 0 Å². The van der Waals surface area contributed by atoms with E-state index in [1.54, 1.807) is 29.1 Å². The van der Waals surface area contributed by atoms with Gasteiger partial charge >= 0.3 is 0 Å². The number of rotatable bonds is 4. The van der Waals surface area contributed by atoms with Crippen molar-refractivity contribution in [1.29, 1.82) is 0 Å². The van der Waals surface area contributed by atoms with Gasteiger partial charge in [0.15, 0.2) is 0 Å². The Balaban J connectivity index is 2.10. The summed E-state index contributed by atoms with van der Waals surface area (Å²) in [5, 5.41) is 7.88. The number of nitrogens with zero attached hydrogens (tertiary/aromatic N) is 2. The van der Waals surface area contributed by atoms with Crippen molar-refractivity contribution in [2.45, 2.75) is 0 Å². The maximum absolute atomic E-state index is 11.6. The van der Waals surface area contributed by atoms with E-state index in [1.165, 1.54) is 0 Å². The van der Waals surface area contributed by atoms with Crippen molar-refractivity contribution in [2.24, 2.45) is 12.8 Å². The fourth-order valence-corrected chi connectivity index (χ4v) is 2.55. The monoisotopic (exact) mass is 320 g/mol. The largest absolute Gasteiger partial charge is 0.366 e. The molecule has 0 spiro atoms. The van der Waals surface area contributed by atoms with Crippen molar-refractivity contribution in [1.82, 2.24) is 9.78 Å². The highest BCUT2D eigenvalue weighted by Gasteiger charge is 2.12. The number of anilines is 1. The van der Waals surface area contributed by atoms with Gasteiger partial charge in [-0.15, -0.1) is 0 Å². The first-order valence-corrected chi connectivity index (χ1v) is 7.29. The standard InChI is InChI=1S/C18H16N4O2/c1-3-17(23)21-15-8-11(6-7-14(15)18(19)24)12-4-5-13-10-20-22(2)16(13)9-12/h3-10H,1H2,2H3,(H2,19,24)(H,21,23). The maximum Gasteiger partial charge on any atom is 0.250 e. The zero-order valence-electron chi connectivity index (χ0n) is 13.1. The Morgan fingerprint density at radius 1 is 1.21 bits per heavy atom. The number of nitrogens with one attached hydrogen (secondary N) is 1. The summed E-state index contributed by atoms with van der Waals surface area (Å²) in [4.78, 5) is 23.2. The second-order valence-electron chi connectivity index (χ2n) is 5.36. The molecular formula is C18H16N4O2. The zero-order valence-corrected chi connectivity index (χ0v) is 13.1. The first-order valence-electron chi connectivity index (χ1n) is 7.29. The summed E-state index contributed by atoms with van der Waals surface area (Å²) < 4.78 is 1.79. The van der Waals surface area contributed by atoms with Crippen molar-refractivity contribution in [3.63, 3.8) is 0 Å². The van der Waals surface area contributed by atoms with Gasteiger partial charge in [0.05, 0.1) is 23.0 Å². The van der Waals surface area contributed by atoms with Gasteiger partial charge in [-0.2, -0.15) is 5.10 Å². The highest BCUT2D eigenvalue weighted by Crippen LogP contribution is 2.28. The Hall–Kier alpha value is -3.41. The number of nitrogens with two attached hydrogens (primary N) is 1. The van der Waals surface area contributed by atoms with Gasteiger partial charge in [0, 0.05) is 12.4 Å². The highest BCUT2D eigenvalue weighted by molar-refractivity contribution is 6.06. The molecule has 3 aromatic rings. The van der Waals surface area contributed by atoms with Gasteiger partial charge < -0.3 is 11.1 Å². The fraction of sp³-hybridized carbons (Fsp3) is 0.0556. The van der Waals surface area contributed by atoms with Crippen LogP contribution in [0.1, 0.15) is 10.4 Å². The minimum absolute atomic E-state index is 0.246. The number of fused-ring (bicyclic) bond motifs is 1. The van der Waals surface area contributed by atoms with E-state index in [9.17, 15) is 9.59 Å². The summed E-state index contributed by atoms with van der Waals surface area (Å²) in [6, 6.07) is 11.1. The van der Waals surface area contributed by atoms with Crippen LogP contribution >= 0.6 is 0 Å². The molecule has 0 fully saturated rings. The molecule has 0 bridgehead atoms. The SMILES string of the molecule is C=CC(=O)Nc1cc(-c2ccc3cnn(C)c3c2)ccc1C(N)=O. The molecule has 120 valence electrons. The number of benzene rings is 2. The van der Waals surface area contributed by atoms with E-state index < -0.39 is 11.8 Å². The summed E-state index contributed by atoms with van der Waals surface area (Å²) in [7, 11) is 1.87.